The van der Waals surface area contributed by atoms with Gasteiger partial charge in [0.1, 0.15) is 0 Å². The van der Waals surface area contributed by atoms with E-state index in [1.165, 1.54) is 0 Å². The molecule has 3 aliphatic heterocycles. The molecule has 1 amide bonds. The Labute approximate surface area is 171 Å². The summed E-state index contributed by atoms with van der Waals surface area (Å²) < 4.78 is 26.9. The van der Waals surface area contributed by atoms with E-state index in [9.17, 15) is 4.79 Å². The number of amides is 1. The topological polar surface area (TPSA) is 96.2 Å². The maximum atomic E-state index is 12.6. The molecule has 2 aromatic carbocycles. The van der Waals surface area contributed by atoms with Crippen LogP contribution in [0, 0.1) is 0 Å². The normalized spacial score (nSPS) is 19.0. The van der Waals surface area contributed by atoms with Crippen LogP contribution in [0.15, 0.2) is 40.9 Å². The quantitative estimate of drug-likeness (QED) is 0.651. The van der Waals surface area contributed by atoms with Gasteiger partial charge in [0.25, 0.3) is 5.89 Å². The van der Waals surface area contributed by atoms with Crippen LogP contribution < -0.4 is 18.9 Å². The van der Waals surface area contributed by atoms with Crippen molar-refractivity contribution < 1.29 is 28.3 Å². The summed E-state index contributed by atoms with van der Waals surface area (Å²) in [5.41, 5.74) is 1.74. The first kappa shape index (κ1) is 17.1. The first-order chi connectivity index (χ1) is 14.7. The number of hydrogen-bond acceptors (Lipinski definition) is 8. The van der Waals surface area contributed by atoms with Gasteiger partial charge in [0, 0.05) is 31.0 Å². The van der Waals surface area contributed by atoms with Gasteiger partial charge in [-0.05, 0) is 35.9 Å². The van der Waals surface area contributed by atoms with Crippen LogP contribution in [0.2, 0.25) is 0 Å². The fourth-order valence-electron chi connectivity index (χ4n) is 3.91. The van der Waals surface area contributed by atoms with Gasteiger partial charge >= 0.3 is 0 Å². The van der Waals surface area contributed by atoms with Crippen molar-refractivity contribution in [3.63, 3.8) is 0 Å². The third-order valence-electron chi connectivity index (χ3n) is 5.45. The molecule has 3 aromatic rings. The number of hydrogen-bond donors (Lipinski definition) is 0. The maximum absolute atomic E-state index is 12.6. The van der Waals surface area contributed by atoms with Crippen molar-refractivity contribution in [2.45, 2.75) is 18.9 Å². The Kier molecular flexibility index (Phi) is 3.80. The van der Waals surface area contributed by atoms with Crippen molar-refractivity contribution in [1.82, 2.24) is 15.0 Å². The molecule has 6 rings (SSSR count). The Bertz CT molecular complexity index is 1140. The van der Waals surface area contributed by atoms with Crippen molar-refractivity contribution in [3.05, 3.63) is 47.8 Å². The largest absolute Gasteiger partial charge is 0.454 e. The molecule has 1 unspecified atom stereocenters. The van der Waals surface area contributed by atoms with E-state index >= 15 is 0 Å². The highest BCUT2D eigenvalue weighted by Crippen LogP contribution is 2.37. The second-order valence-corrected chi connectivity index (χ2v) is 7.39. The van der Waals surface area contributed by atoms with E-state index in [2.05, 4.69) is 10.1 Å². The van der Waals surface area contributed by atoms with Gasteiger partial charge in [-0.2, -0.15) is 4.98 Å². The summed E-state index contributed by atoms with van der Waals surface area (Å²) in [6.45, 7) is 1.47. The molecule has 30 heavy (non-hydrogen) atoms. The Morgan fingerprint density at radius 3 is 2.50 bits per heavy atom. The molecular formula is C21H17N3O6. The van der Waals surface area contributed by atoms with E-state index in [0.29, 0.717) is 48.5 Å². The number of nitrogens with zero attached hydrogens (tertiary/aromatic N) is 3. The first-order valence-corrected chi connectivity index (χ1v) is 9.63. The highest BCUT2D eigenvalue weighted by Gasteiger charge is 2.34. The van der Waals surface area contributed by atoms with Crippen molar-refractivity contribution in [1.29, 1.82) is 0 Å². The Morgan fingerprint density at radius 1 is 0.933 bits per heavy atom. The molecule has 0 spiro atoms. The van der Waals surface area contributed by atoms with Gasteiger partial charge < -0.3 is 28.4 Å². The molecule has 9 heteroatoms. The molecule has 0 saturated carbocycles. The molecule has 0 radical (unpaired) electrons. The van der Waals surface area contributed by atoms with Crippen LogP contribution >= 0.6 is 0 Å². The summed E-state index contributed by atoms with van der Waals surface area (Å²) in [5.74, 6) is 3.66. The zero-order valence-electron chi connectivity index (χ0n) is 15.9. The van der Waals surface area contributed by atoms with Crippen LogP contribution in [0.5, 0.6) is 23.0 Å². The number of rotatable bonds is 4. The van der Waals surface area contributed by atoms with Crippen LogP contribution in [0.25, 0.3) is 11.5 Å². The van der Waals surface area contributed by atoms with Crippen LogP contribution in [0.3, 0.4) is 0 Å². The van der Waals surface area contributed by atoms with Crippen molar-refractivity contribution in [3.8, 4) is 34.5 Å². The first-order valence-electron chi connectivity index (χ1n) is 9.63. The molecule has 3 aliphatic rings. The number of fused-ring (bicyclic) bond motifs is 2. The van der Waals surface area contributed by atoms with Crippen LogP contribution in [-0.2, 0) is 11.3 Å². The van der Waals surface area contributed by atoms with E-state index in [0.717, 1.165) is 16.9 Å². The van der Waals surface area contributed by atoms with Gasteiger partial charge in [0.05, 0.1) is 0 Å². The lowest BCUT2D eigenvalue weighted by Crippen LogP contribution is -2.24. The molecule has 9 nitrogen and oxygen atoms in total. The van der Waals surface area contributed by atoms with Gasteiger partial charge in [0.2, 0.25) is 19.5 Å². The van der Waals surface area contributed by atoms with Crippen molar-refractivity contribution in [2.75, 3.05) is 20.1 Å². The summed E-state index contributed by atoms with van der Waals surface area (Å²) in [4.78, 5) is 18.9. The number of benzene rings is 2. The minimum atomic E-state index is -0.113. The average molecular weight is 407 g/mol. The molecule has 0 aliphatic carbocycles. The standard InChI is InChI=1S/C21H17N3O6/c25-19-7-14(9-24(19)8-12-1-3-15-17(5-12)28-10-26-15)20-22-21(30-23-20)13-2-4-16-18(6-13)29-11-27-16/h1-6,14H,7-11H2. The number of carbonyl (C=O) groups is 1. The van der Waals surface area contributed by atoms with E-state index in [1.54, 1.807) is 4.90 Å². The summed E-state index contributed by atoms with van der Waals surface area (Å²) in [6.07, 6.45) is 0.352. The molecule has 0 N–H and O–H groups in total. The predicted octanol–water partition coefficient (Wildman–Crippen LogP) is 2.71. The number of likely N-dealkylation sites (tertiary alicyclic amines) is 1. The third kappa shape index (κ3) is 2.90. The smallest absolute Gasteiger partial charge is 0.258 e. The monoisotopic (exact) mass is 407 g/mol. The molecule has 4 heterocycles. The Balaban J connectivity index is 1.17. The SMILES string of the molecule is O=C1CC(c2noc(-c3ccc4c(c3)OCO4)n2)CN1Cc1ccc2c(c1)OCO2. The van der Waals surface area contributed by atoms with Gasteiger partial charge in [-0.25, -0.2) is 0 Å². The molecular weight excluding hydrogens is 390 g/mol. The highest BCUT2D eigenvalue weighted by atomic mass is 16.7. The minimum Gasteiger partial charge on any atom is -0.454 e. The van der Waals surface area contributed by atoms with Crippen molar-refractivity contribution >= 4 is 5.91 Å². The molecule has 1 aromatic heterocycles. The van der Waals surface area contributed by atoms with Crippen LogP contribution in [0.4, 0.5) is 0 Å². The molecule has 1 saturated heterocycles. The lowest BCUT2D eigenvalue weighted by molar-refractivity contribution is -0.128. The summed E-state index contributed by atoms with van der Waals surface area (Å²) in [5, 5.41) is 4.12. The number of carbonyl (C=O) groups excluding carboxylic acids is 1. The average Bonchev–Trinajstić information content (AvgIpc) is 3.54. The summed E-state index contributed by atoms with van der Waals surface area (Å²) in [6, 6.07) is 11.2. The zero-order chi connectivity index (χ0) is 20.1. The van der Waals surface area contributed by atoms with Gasteiger partial charge in [-0.1, -0.05) is 11.2 Å². The molecule has 1 fully saturated rings. The summed E-state index contributed by atoms with van der Waals surface area (Å²) >= 11 is 0. The van der Waals surface area contributed by atoms with Crippen LogP contribution in [0.1, 0.15) is 23.7 Å². The second-order valence-electron chi connectivity index (χ2n) is 7.39. The Hall–Kier alpha value is -3.75. The van der Waals surface area contributed by atoms with Crippen LogP contribution in [-0.4, -0.2) is 41.1 Å². The second kappa shape index (κ2) is 6.65. The third-order valence-corrected chi connectivity index (χ3v) is 5.45. The van der Waals surface area contributed by atoms with E-state index in [-0.39, 0.29) is 25.4 Å². The molecule has 1 atom stereocenters. The highest BCUT2D eigenvalue weighted by molar-refractivity contribution is 5.79. The minimum absolute atomic E-state index is 0.0621. The maximum Gasteiger partial charge on any atom is 0.258 e. The van der Waals surface area contributed by atoms with E-state index in [4.69, 9.17) is 23.5 Å². The van der Waals surface area contributed by atoms with E-state index in [1.807, 2.05) is 36.4 Å². The fourth-order valence-corrected chi connectivity index (χ4v) is 3.91. The molecule has 0 bridgehead atoms. The zero-order valence-corrected chi connectivity index (χ0v) is 15.9. The fraction of sp³-hybridized carbons (Fsp3) is 0.286. The summed E-state index contributed by atoms with van der Waals surface area (Å²) in [7, 11) is 0. The van der Waals surface area contributed by atoms with E-state index < -0.39 is 0 Å². The predicted molar refractivity (Wildman–Crippen MR) is 101 cm³/mol. The van der Waals surface area contributed by atoms with Gasteiger partial charge in [-0.15, -0.1) is 0 Å². The van der Waals surface area contributed by atoms with Gasteiger partial charge in [-0.3, -0.25) is 4.79 Å². The van der Waals surface area contributed by atoms with Gasteiger partial charge in [0.15, 0.2) is 28.8 Å². The lowest BCUT2D eigenvalue weighted by atomic mass is 10.1. The number of aromatic nitrogens is 2. The van der Waals surface area contributed by atoms with Crippen molar-refractivity contribution in [2.24, 2.45) is 0 Å². The molecule has 152 valence electrons. The number of ether oxygens (including phenoxy) is 4. The lowest BCUT2D eigenvalue weighted by Gasteiger charge is -2.16. The Morgan fingerprint density at radius 2 is 1.67 bits per heavy atom.